The lowest BCUT2D eigenvalue weighted by atomic mass is 10.1. The fourth-order valence-corrected chi connectivity index (χ4v) is 5.41. The SMILES string of the molecule is Cc1ccccc1-c1nn2c(=O)cc(CN3CCN(C(=O)c4cccc(Br)c4)CC3)nc2s1. The molecule has 1 aliphatic heterocycles. The van der Waals surface area contributed by atoms with E-state index in [9.17, 15) is 9.59 Å². The van der Waals surface area contributed by atoms with Crippen LogP contribution < -0.4 is 5.56 Å². The minimum atomic E-state index is -0.172. The Labute approximate surface area is 203 Å². The van der Waals surface area contributed by atoms with Gasteiger partial charge in [0.2, 0.25) is 4.96 Å². The molecule has 1 fully saturated rings. The van der Waals surface area contributed by atoms with Gasteiger partial charge in [0.15, 0.2) is 0 Å². The second-order valence-electron chi connectivity index (χ2n) is 8.08. The second kappa shape index (κ2) is 9.17. The Hall–Kier alpha value is -2.88. The van der Waals surface area contributed by atoms with Crippen LogP contribution in [0.15, 0.2) is 63.9 Å². The highest BCUT2D eigenvalue weighted by Gasteiger charge is 2.23. The van der Waals surface area contributed by atoms with E-state index in [0.717, 1.165) is 39.4 Å². The first-order valence-electron chi connectivity index (χ1n) is 10.7. The fourth-order valence-electron chi connectivity index (χ4n) is 4.00. The van der Waals surface area contributed by atoms with E-state index in [-0.39, 0.29) is 11.5 Å². The first kappa shape index (κ1) is 21.9. The van der Waals surface area contributed by atoms with Crippen LogP contribution in [-0.2, 0) is 6.54 Å². The summed E-state index contributed by atoms with van der Waals surface area (Å²) >= 11 is 4.85. The largest absolute Gasteiger partial charge is 0.336 e. The molecule has 0 aliphatic carbocycles. The molecule has 3 heterocycles. The number of hydrogen-bond acceptors (Lipinski definition) is 6. The predicted octanol–water partition coefficient (Wildman–Crippen LogP) is 3.85. The summed E-state index contributed by atoms with van der Waals surface area (Å²) in [7, 11) is 0. The molecular formula is C24H22BrN5O2S. The number of rotatable bonds is 4. The van der Waals surface area contributed by atoms with Gasteiger partial charge in [0.1, 0.15) is 5.01 Å². The average Bonchev–Trinajstić information content (AvgIpc) is 3.24. The third-order valence-corrected chi connectivity index (χ3v) is 7.23. The van der Waals surface area contributed by atoms with Crippen molar-refractivity contribution in [3.8, 4) is 10.6 Å². The van der Waals surface area contributed by atoms with E-state index >= 15 is 0 Å². The molecule has 0 atom stereocenters. The van der Waals surface area contributed by atoms with Gasteiger partial charge in [-0.3, -0.25) is 14.5 Å². The zero-order chi connectivity index (χ0) is 22.9. The van der Waals surface area contributed by atoms with Crippen LogP contribution in [0.4, 0.5) is 0 Å². The lowest BCUT2D eigenvalue weighted by Gasteiger charge is -2.34. The molecule has 1 aliphatic rings. The first-order chi connectivity index (χ1) is 16.0. The minimum Gasteiger partial charge on any atom is -0.336 e. The molecule has 0 spiro atoms. The van der Waals surface area contributed by atoms with Gasteiger partial charge >= 0.3 is 0 Å². The zero-order valence-electron chi connectivity index (χ0n) is 18.1. The van der Waals surface area contributed by atoms with E-state index < -0.39 is 0 Å². The highest BCUT2D eigenvalue weighted by atomic mass is 79.9. The quantitative estimate of drug-likeness (QED) is 0.406. The molecule has 0 bridgehead atoms. The number of carbonyl (C=O) groups excluding carboxylic acids is 1. The van der Waals surface area contributed by atoms with E-state index in [2.05, 4.69) is 25.9 Å². The predicted molar refractivity (Wildman–Crippen MR) is 133 cm³/mol. The summed E-state index contributed by atoms with van der Waals surface area (Å²) < 4.78 is 2.28. The van der Waals surface area contributed by atoms with Gasteiger partial charge in [0, 0.05) is 54.4 Å². The van der Waals surface area contributed by atoms with E-state index in [4.69, 9.17) is 4.98 Å². The molecule has 1 saturated heterocycles. The summed E-state index contributed by atoms with van der Waals surface area (Å²) in [6.07, 6.45) is 0. The summed E-state index contributed by atoms with van der Waals surface area (Å²) in [4.78, 5) is 34.9. The van der Waals surface area contributed by atoms with Crippen LogP contribution >= 0.6 is 27.3 Å². The number of amides is 1. The standard InChI is InChI=1S/C24H22BrN5O2S/c1-16-5-2-3-8-20(16)22-27-30-21(31)14-19(26-24(30)33-22)15-28-9-11-29(12-10-28)23(32)17-6-4-7-18(25)13-17/h2-8,13-14H,9-12,15H2,1H3. The molecule has 2 aromatic heterocycles. The molecule has 4 aromatic rings. The maximum absolute atomic E-state index is 12.8. The van der Waals surface area contributed by atoms with Gasteiger partial charge in [0.25, 0.3) is 11.5 Å². The van der Waals surface area contributed by atoms with Crippen molar-refractivity contribution in [2.45, 2.75) is 13.5 Å². The Morgan fingerprint density at radius 1 is 1.06 bits per heavy atom. The van der Waals surface area contributed by atoms with Crippen LogP contribution in [-0.4, -0.2) is 56.5 Å². The number of carbonyl (C=O) groups is 1. The Morgan fingerprint density at radius 2 is 1.85 bits per heavy atom. The summed E-state index contributed by atoms with van der Waals surface area (Å²) in [5.74, 6) is 0.0436. The summed E-state index contributed by atoms with van der Waals surface area (Å²) in [6, 6.07) is 17.0. The molecule has 1 amide bonds. The Balaban J connectivity index is 1.29. The maximum atomic E-state index is 12.8. The number of halogens is 1. The van der Waals surface area contributed by atoms with Crippen LogP contribution in [0.25, 0.3) is 15.5 Å². The van der Waals surface area contributed by atoms with Crippen LogP contribution in [0.2, 0.25) is 0 Å². The number of aromatic nitrogens is 3. The Bertz CT molecular complexity index is 1390. The van der Waals surface area contributed by atoms with Crippen LogP contribution in [0.5, 0.6) is 0 Å². The average molecular weight is 524 g/mol. The summed E-state index contributed by atoms with van der Waals surface area (Å²) in [5, 5.41) is 5.28. The third kappa shape index (κ3) is 4.62. The zero-order valence-corrected chi connectivity index (χ0v) is 20.5. The molecule has 33 heavy (non-hydrogen) atoms. The molecule has 0 saturated carbocycles. The van der Waals surface area contributed by atoms with Crippen molar-refractivity contribution in [3.05, 3.63) is 86.2 Å². The molecule has 0 N–H and O–H groups in total. The van der Waals surface area contributed by atoms with Gasteiger partial charge in [-0.05, 0) is 30.7 Å². The molecule has 7 nitrogen and oxygen atoms in total. The topological polar surface area (TPSA) is 70.8 Å². The Morgan fingerprint density at radius 3 is 2.61 bits per heavy atom. The van der Waals surface area contributed by atoms with Crippen LogP contribution in [0.1, 0.15) is 21.6 Å². The van der Waals surface area contributed by atoms with Gasteiger partial charge < -0.3 is 4.90 Å². The molecule has 2 aromatic carbocycles. The van der Waals surface area contributed by atoms with E-state index in [1.54, 1.807) is 6.07 Å². The minimum absolute atomic E-state index is 0.0436. The lowest BCUT2D eigenvalue weighted by Crippen LogP contribution is -2.48. The number of hydrogen-bond donors (Lipinski definition) is 0. The van der Waals surface area contributed by atoms with Crippen molar-refractivity contribution >= 4 is 38.1 Å². The number of fused-ring (bicyclic) bond motifs is 1. The smallest absolute Gasteiger partial charge is 0.275 e. The summed E-state index contributed by atoms with van der Waals surface area (Å²) in [6.45, 7) is 5.36. The Kier molecular flexibility index (Phi) is 6.09. The normalized spacial score (nSPS) is 14.7. The molecule has 168 valence electrons. The monoisotopic (exact) mass is 523 g/mol. The number of piperazine rings is 1. The van der Waals surface area contributed by atoms with Crippen molar-refractivity contribution in [1.82, 2.24) is 24.4 Å². The second-order valence-corrected chi connectivity index (χ2v) is 9.95. The summed E-state index contributed by atoms with van der Waals surface area (Å²) in [5.41, 5.74) is 3.37. The van der Waals surface area contributed by atoms with Gasteiger partial charge in [0.05, 0.1) is 5.69 Å². The van der Waals surface area contributed by atoms with Crippen LogP contribution in [0, 0.1) is 6.92 Å². The van der Waals surface area contributed by atoms with E-state index in [0.29, 0.717) is 30.2 Å². The number of aryl methyl sites for hydroxylation is 1. The number of nitrogens with zero attached hydrogens (tertiary/aromatic N) is 5. The van der Waals surface area contributed by atoms with E-state index in [1.807, 2.05) is 60.4 Å². The molecule has 5 rings (SSSR count). The first-order valence-corrected chi connectivity index (χ1v) is 12.3. The van der Waals surface area contributed by atoms with Gasteiger partial charge in [-0.15, -0.1) is 0 Å². The molecule has 9 heteroatoms. The molecule has 0 unspecified atom stereocenters. The maximum Gasteiger partial charge on any atom is 0.275 e. The van der Waals surface area contributed by atoms with Crippen molar-refractivity contribution in [3.63, 3.8) is 0 Å². The van der Waals surface area contributed by atoms with Crippen molar-refractivity contribution in [1.29, 1.82) is 0 Å². The highest BCUT2D eigenvalue weighted by Crippen LogP contribution is 2.27. The fraction of sp³-hybridized carbons (Fsp3) is 0.250. The van der Waals surface area contributed by atoms with Crippen molar-refractivity contribution < 1.29 is 4.79 Å². The van der Waals surface area contributed by atoms with E-state index in [1.165, 1.54) is 15.9 Å². The lowest BCUT2D eigenvalue weighted by molar-refractivity contribution is 0.0627. The van der Waals surface area contributed by atoms with Gasteiger partial charge in [-0.1, -0.05) is 57.6 Å². The van der Waals surface area contributed by atoms with Crippen LogP contribution in [0.3, 0.4) is 0 Å². The van der Waals surface area contributed by atoms with Crippen molar-refractivity contribution in [2.24, 2.45) is 0 Å². The van der Waals surface area contributed by atoms with Gasteiger partial charge in [-0.25, -0.2) is 4.98 Å². The third-order valence-electron chi connectivity index (χ3n) is 5.79. The van der Waals surface area contributed by atoms with Crippen molar-refractivity contribution in [2.75, 3.05) is 26.2 Å². The highest BCUT2D eigenvalue weighted by molar-refractivity contribution is 9.10. The molecular weight excluding hydrogens is 502 g/mol. The number of benzene rings is 2. The molecule has 0 radical (unpaired) electrons. The van der Waals surface area contributed by atoms with Gasteiger partial charge in [-0.2, -0.15) is 9.61 Å².